The molecule has 3 heterocycles. The molecule has 1 aliphatic heterocycles. The zero-order valence-electron chi connectivity index (χ0n) is 17.1. The molecule has 1 unspecified atom stereocenters. The van der Waals surface area contributed by atoms with Gasteiger partial charge in [-0.25, -0.2) is 14.5 Å². The molecule has 1 amide bonds. The van der Waals surface area contributed by atoms with Crippen molar-refractivity contribution in [1.82, 2.24) is 24.2 Å². The van der Waals surface area contributed by atoms with Crippen LogP contribution in [0.5, 0.6) is 0 Å². The van der Waals surface area contributed by atoms with Gasteiger partial charge in [-0.05, 0) is 31.4 Å². The number of rotatable bonds is 3. The Kier molecular flexibility index (Phi) is 4.58. The molecule has 1 atom stereocenters. The number of hydrogen-bond acceptors (Lipinski definition) is 5. The Morgan fingerprint density at radius 1 is 1.13 bits per heavy atom. The lowest BCUT2D eigenvalue weighted by molar-refractivity contribution is -0.137. The van der Waals surface area contributed by atoms with Crippen LogP contribution in [0, 0.1) is 5.41 Å². The van der Waals surface area contributed by atoms with E-state index in [2.05, 4.69) is 10.1 Å². The summed E-state index contributed by atoms with van der Waals surface area (Å²) in [5.74, 6) is 0. The first-order valence-corrected chi connectivity index (χ1v) is 10.6. The molecular formula is C22H25N5O4. The minimum Gasteiger partial charge on any atom is -0.465 e. The van der Waals surface area contributed by atoms with E-state index in [9.17, 15) is 19.8 Å². The largest absolute Gasteiger partial charge is 0.465 e. The third-order valence-corrected chi connectivity index (χ3v) is 7.09. The minimum absolute atomic E-state index is 0.0960. The zero-order chi connectivity index (χ0) is 21.6. The highest BCUT2D eigenvalue weighted by Crippen LogP contribution is 2.51. The molecule has 162 valence electrons. The highest BCUT2D eigenvalue weighted by molar-refractivity contribution is 5.74. The third kappa shape index (κ3) is 3.11. The molecule has 5 rings (SSSR count). The van der Waals surface area contributed by atoms with Crippen molar-refractivity contribution in [3.63, 3.8) is 0 Å². The second kappa shape index (κ2) is 7.19. The maximum atomic E-state index is 13.2. The molecular weight excluding hydrogens is 398 g/mol. The number of piperidine rings is 1. The predicted octanol–water partition coefficient (Wildman–Crippen LogP) is 2.26. The van der Waals surface area contributed by atoms with Crippen LogP contribution < -0.4 is 5.56 Å². The van der Waals surface area contributed by atoms with E-state index in [0.29, 0.717) is 24.0 Å². The van der Waals surface area contributed by atoms with Gasteiger partial charge in [0.25, 0.3) is 5.56 Å². The second-order valence-electron chi connectivity index (χ2n) is 8.78. The van der Waals surface area contributed by atoms with Crippen molar-refractivity contribution in [2.24, 2.45) is 5.41 Å². The Morgan fingerprint density at radius 3 is 2.58 bits per heavy atom. The van der Waals surface area contributed by atoms with Crippen molar-refractivity contribution >= 4 is 17.1 Å². The van der Waals surface area contributed by atoms with Crippen molar-refractivity contribution < 1.29 is 15.0 Å². The summed E-state index contributed by atoms with van der Waals surface area (Å²) in [5.41, 5.74) is -0.673. The molecule has 2 aromatic heterocycles. The monoisotopic (exact) mass is 423 g/mol. The summed E-state index contributed by atoms with van der Waals surface area (Å²) in [7, 11) is 0. The van der Waals surface area contributed by atoms with E-state index in [1.54, 1.807) is 4.68 Å². The molecule has 1 saturated carbocycles. The standard InChI is InChI=1S/C22H25N5O4/c28-19-17-12-24-27(16-6-2-1-3-7-16)18(17)23-15-26(19)14-22(31)10-11-25(20(29)30)13-21(22)8-4-5-9-21/h1-3,6-7,12,15,31H,4-5,8-11,13-14H2,(H,29,30). The van der Waals surface area contributed by atoms with Gasteiger partial charge in [-0.15, -0.1) is 0 Å². The number of fused-ring (bicyclic) bond motifs is 1. The highest BCUT2D eigenvalue weighted by atomic mass is 16.4. The van der Waals surface area contributed by atoms with Gasteiger partial charge in [0.1, 0.15) is 11.7 Å². The molecule has 2 N–H and O–H groups in total. The molecule has 31 heavy (non-hydrogen) atoms. The first kappa shape index (κ1) is 19.7. The summed E-state index contributed by atoms with van der Waals surface area (Å²) in [4.78, 5) is 30.6. The third-order valence-electron chi connectivity index (χ3n) is 7.09. The van der Waals surface area contributed by atoms with Gasteiger partial charge in [0, 0.05) is 18.5 Å². The fourth-order valence-corrected chi connectivity index (χ4v) is 5.36. The summed E-state index contributed by atoms with van der Waals surface area (Å²) in [6.07, 6.45) is 5.73. The molecule has 0 bridgehead atoms. The molecule has 1 saturated heterocycles. The first-order chi connectivity index (χ1) is 14.9. The molecule has 3 aromatic rings. The van der Waals surface area contributed by atoms with Crippen LogP contribution in [0.1, 0.15) is 32.1 Å². The van der Waals surface area contributed by atoms with E-state index in [0.717, 1.165) is 31.4 Å². The van der Waals surface area contributed by atoms with Gasteiger partial charge in [-0.1, -0.05) is 31.0 Å². The van der Waals surface area contributed by atoms with E-state index in [1.165, 1.54) is 22.0 Å². The first-order valence-electron chi connectivity index (χ1n) is 10.6. The van der Waals surface area contributed by atoms with Crippen LogP contribution in [0.3, 0.4) is 0 Å². The number of aromatic nitrogens is 4. The lowest BCUT2D eigenvalue weighted by atomic mass is 9.66. The van der Waals surface area contributed by atoms with E-state index in [1.807, 2.05) is 30.3 Å². The van der Waals surface area contributed by atoms with Gasteiger partial charge < -0.3 is 15.1 Å². The fourth-order valence-electron chi connectivity index (χ4n) is 5.36. The van der Waals surface area contributed by atoms with Crippen LogP contribution in [-0.2, 0) is 6.54 Å². The molecule has 2 aliphatic rings. The molecule has 1 aromatic carbocycles. The average Bonchev–Trinajstić information content (AvgIpc) is 3.41. The lowest BCUT2D eigenvalue weighted by Crippen LogP contribution is -2.62. The van der Waals surface area contributed by atoms with Crippen molar-refractivity contribution in [2.75, 3.05) is 13.1 Å². The number of hydrogen-bond donors (Lipinski definition) is 2. The summed E-state index contributed by atoms with van der Waals surface area (Å²) >= 11 is 0. The van der Waals surface area contributed by atoms with Gasteiger partial charge in [0.2, 0.25) is 0 Å². The highest BCUT2D eigenvalue weighted by Gasteiger charge is 2.55. The molecule has 1 aliphatic carbocycles. The average molecular weight is 423 g/mol. The quantitative estimate of drug-likeness (QED) is 0.668. The number of benzene rings is 1. The molecule has 1 spiro atoms. The normalized spacial score (nSPS) is 22.9. The molecule has 2 fully saturated rings. The second-order valence-corrected chi connectivity index (χ2v) is 8.78. The van der Waals surface area contributed by atoms with Gasteiger partial charge in [-0.3, -0.25) is 9.36 Å². The van der Waals surface area contributed by atoms with Crippen molar-refractivity contribution in [3.05, 3.63) is 53.2 Å². The van der Waals surface area contributed by atoms with E-state index < -0.39 is 17.1 Å². The Labute approximate surface area is 178 Å². The maximum absolute atomic E-state index is 13.2. The van der Waals surface area contributed by atoms with Crippen LogP contribution in [0.4, 0.5) is 4.79 Å². The van der Waals surface area contributed by atoms with Crippen LogP contribution in [0.15, 0.2) is 47.7 Å². The number of carboxylic acid groups (broad SMARTS) is 1. The number of nitrogens with zero attached hydrogens (tertiary/aromatic N) is 5. The molecule has 9 heteroatoms. The van der Waals surface area contributed by atoms with E-state index in [-0.39, 0.29) is 18.6 Å². The summed E-state index contributed by atoms with van der Waals surface area (Å²) in [6, 6.07) is 9.48. The van der Waals surface area contributed by atoms with Gasteiger partial charge in [-0.2, -0.15) is 5.10 Å². The van der Waals surface area contributed by atoms with E-state index >= 15 is 0 Å². The van der Waals surface area contributed by atoms with Crippen LogP contribution in [0.2, 0.25) is 0 Å². The van der Waals surface area contributed by atoms with Gasteiger partial charge >= 0.3 is 6.09 Å². The van der Waals surface area contributed by atoms with Crippen molar-refractivity contribution in [3.8, 4) is 5.69 Å². The molecule has 9 nitrogen and oxygen atoms in total. The SMILES string of the molecule is O=C(O)N1CCC(O)(Cn2cnc3c(cnn3-c3ccccc3)c2=O)C2(CCCC2)C1. The van der Waals surface area contributed by atoms with Crippen LogP contribution >= 0.6 is 0 Å². The van der Waals surface area contributed by atoms with E-state index in [4.69, 9.17) is 0 Å². The predicted molar refractivity (Wildman–Crippen MR) is 113 cm³/mol. The lowest BCUT2D eigenvalue weighted by Gasteiger charge is -2.51. The summed E-state index contributed by atoms with van der Waals surface area (Å²) in [6.45, 7) is 0.651. The van der Waals surface area contributed by atoms with Crippen LogP contribution in [0.25, 0.3) is 16.7 Å². The number of likely N-dealkylation sites (tertiary alicyclic amines) is 1. The van der Waals surface area contributed by atoms with Crippen LogP contribution in [-0.4, -0.2) is 59.2 Å². The van der Waals surface area contributed by atoms with Gasteiger partial charge in [0.15, 0.2) is 5.65 Å². The number of carbonyl (C=O) groups is 1. The molecule has 0 radical (unpaired) electrons. The number of aliphatic hydroxyl groups is 1. The Balaban J connectivity index is 1.51. The number of para-hydroxylation sites is 1. The topological polar surface area (TPSA) is 113 Å². The zero-order valence-corrected chi connectivity index (χ0v) is 17.1. The summed E-state index contributed by atoms with van der Waals surface area (Å²) in [5, 5.41) is 25.9. The smallest absolute Gasteiger partial charge is 0.407 e. The van der Waals surface area contributed by atoms with Crippen molar-refractivity contribution in [2.45, 2.75) is 44.2 Å². The Bertz CT molecular complexity index is 1180. The number of amides is 1. The van der Waals surface area contributed by atoms with Gasteiger partial charge in [0.05, 0.1) is 24.0 Å². The fraction of sp³-hybridized carbons (Fsp3) is 0.455. The van der Waals surface area contributed by atoms with Crippen molar-refractivity contribution in [1.29, 1.82) is 0 Å². The minimum atomic E-state index is -1.16. The maximum Gasteiger partial charge on any atom is 0.407 e. The Hall–Kier alpha value is -3.20. The Morgan fingerprint density at radius 2 is 1.87 bits per heavy atom. The summed E-state index contributed by atoms with van der Waals surface area (Å²) < 4.78 is 3.08.